The molecule has 2 bridgehead atoms. The van der Waals surface area contributed by atoms with E-state index >= 15 is 0 Å². The van der Waals surface area contributed by atoms with E-state index in [0.717, 1.165) is 5.92 Å². The van der Waals surface area contributed by atoms with Crippen LogP contribution in [0.4, 0.5) is 0 Å². The first-order chi connectivity index (χ1) is 6.18. The molecule has 0 aromatic heterocycles. The molecule has 3 aliphatic rings. The maximum atomic E-state index is 6.13. The highest BCUT2D eigenvalue weighted by atomic mass is 32.2. The molecule has 0 heterocycles. The Morgan fingerprint density at radius 1 is 1.31 bits per heavy atom. The first-order valence-corrected chi connectivity index (χ1v) is 5.83. The molecule has 0 radical (unpaired) electrons. The van der Waals surface area contributed by atoms with Crippen LogP contribution in [0.15, 0.2) is 22.1 Å². The van der Waals surface area contributed by atoms with Gasteiger partial charge in [-0.3, -0.25) is 0 Å². The van der Waals surface area contributed by atoms with Gasteiger partial charge in [-0.2, -0.15) is 0 Å². The zero-order chi connectivity index (χ0) is 9.42. The summed E-state index contributed by atoms with van der Waals surface area (Å²) in [5, 5.41) is 0. The van der Waals surface area contributed by atoms with Crippen molar-refractivity contribution in [2.45, 2.75) is 32.6 Å². The summed E-state index contributed by atoms with van der Waals surface area (Å²) in [6.45, 7) is 6.00. The van der Waals surface area contributed by atoms with Gasteiger partial charge in [-0.05, 0) is 49.3 Å². The number of hydrogen-bond acceptors (Lipinski definition) is 2. The molecule has 3 aliphatic carbocycles. The molecule has 1 nitrogen and oxygen atoms in total. The molecule has 0 saturated heterocycles. The Morgan fingerprint density at radius 2 is 1.85 bits per heavy atom. The Kier molecular flexibility index (Phi) is 2.41. The minimum Gasteiger partial charge on any atom is -0.401 e. The van der Waals surface area contributed by atoms with E-state index in [1.807, 2.05) is 0 Å². The Hall–Kier alpha value is -0.370. The van der Waals surface area contributed by atoms with Crippen LogP contribution in [0.1, 0.15) is 32.6 Å². The standard InChI is InChI=1S/C11H17NS/c1-7(2)13-11-9-5-3-8(4-6-9)10(11)12/h8-9H,1,3-6,12H2,2H3. The van der Waals surface area contributed by atoms with Gasteiger partial charge in [0, 0.05) is 10.6 Å². The van der Waals surface area contributed by atoms with Crippen molar-refractivity contribution >= 4 is 11.8 Å². The summed E-state index contributed by atoms with van der Waals surface area (Å²) in [6.07, 6.45) is 5.33. The van der Waals surface area contributed by atoms with Crippen LogP contribution < -0.4 is 5.73 Å². The van der Waals surface area contributed by atoms with Crippen LogP contribution in [0.25, 0.3) is 0 Å². The molecule has 0 unspecified atom stereocenters. The van der Waals surface area contributed by atoms with Crippen LogP contribution in [0.3, 0.4) is 0 Å². The fourth-order valence-electron chi connectivity index (χ4n) is 2.43. The lowest BCUT2D eigenvalue weighted by Gasteiger charge is -2.38. The first kappa shape index (κ1) is 9.20. The van der Waals surface area contributed by atoms with Gasteiger partial charge < -0.3 is 5.73 Å². The van der Waals surface area contributed by atoms with Crippen molar-refractivity contribution in [2.24, 2.45) is 17.6 Å². The third kappa shape index (κ3) is 1.64. The van der Waals surface area contributed by atoms with Gasteiger partial charge in [0.2, 0.25) is 0 Å². The van der Waals surface area contributed by atoms with Gasteiger partial charge >= 0.3 is 0 Å². The predicted octanol–water partition coefficient (Wildman–Crippen LogP) is 3.24. The first-order valence-electron chi connectivity index (χ1n) is 5.01. The minimum absolute atomic E-state index is 0.687. The molecule has 13 heavy (non-hydrogen) atoms. The van der Waals surface area contributed by atoms with Crippen molar-refractivity contribution in [3.8, 4) is 0 Å². The van der Waals surface area contributed by atoms with Gasteiger partial charge in [-0.1, -0.05) is 18.3 Å². The average Bonchev–Trinajstić information content (AvgIpc) is 2.11. The summed E-state index contributed by atoms with van der Waals surface area (Å²) < 4.78 is 0. The normalized spacial score (nSPS) is 32.4. The Morgan fingerprint density at radius 3 is 2.31 bits per heavy atom. The molecule has 0 amide bonds. The lowest BCUT2D eigenvalue weighted by Crippen LogP contribution is -2.29. The summed E-state index contributed by atoms with van der Waals surface area (Å²) in [5.41, 5.74) is 7.31. The summed E-state index contributed by atoms with van der Waals surface area (Å²) in [6, 6.07) is 0. The van der Waals surface area contributed by atoms with Crippen molar-refractivity contribution < 1.29 is 0 Å². The molecule has 0 aromatic rings. The minimum atomic E-state index is 0.687. The highest BCUT2D eigenvalue weighted by molar-refractivity contribution is 8.06. The molecular formula is C11H17NS. The molecule has 2 N–H and O–H groups in total. The zero-order valence-corrected chi connectivity index (χ0v) is 8.99. The summed E-state index contributed by atoms with van der Waals surface area (Å²) in [7, 11) is 0. The SMILES string of the molecule is C=C(C)SC1=C(N)C2CCC1CC2. The molecule has 1 saturated carbocycles. The van der Waals surface area contributed by atoms with E-state index in [1.54, 1.807) is 11.8 Å². The van der Waals surface area contributed by atoms with Crippen LogP contribution in [-0.2, 0) is 0 Å². The van der Waals surface area contributed by atoms with Crippen LogP contribution >= 0.6 is 11.8 Å². The van der Waals surface area contributed by atoms with Gasteiger partial charge in [-0.15, -0.1) is 0 Å². The van der Waals surface area contributed by atoms with Crippen LogP contribution in [-0.4, -0.2) is 0 Å². The highest BCUT2D eigenvalue weighted by Gasteiger charge is 2.33. The van der Waals surface area contributed by atoms with Crippen molar-refractivity contribution in [1.29, 1.82) is 0 Å². The van der Waals surface area contributed by atoms with Crippen LogP contribution in [0.5, 0.6) is 0 Å². The fourth-order valence-corrected chi connectivity index (χ4v) is 3.50. The van der Waals surface area contributed by atoms with Crippen molar-refractivity contribution in [3.63, 3.8) is 0 Å². The molecule has 1 fully saturated rings. The Bertz CT molecular complexity index is 259. The Balaban J connectivity index is 2.23. The third-order valence-electron chi connectivity index (χ3n) is 3.11. The molecule has 0 spiro atoms. The van der Waals surface area contributed by atoms with Gasteiger partial charge in [0.15, 0.2) is 0 Å². The number of thioether (sulfide) groups is 1. The summed E-state index contributed by atoms with van der Waals surface area (Å²) >= 11 is 1.81. The highest BCUT2D eigenvalue weighted by Crippen LogP contribution is 2.48. The number of fused-ring (bicyclic) bond motifs is 2. The number of rotatable bonds is 2. The molecule has 2 heteroatoms. The number of allylic oxidation sites excluding steroid dienone is 3. The van der Waals surface area contributed by atoms with E-state index in [0.29, 0.717) is 5.92 Å². The van der Waals surface area contributed by atoms with Gasteiger partial charge in [0.25, 0.3) is 0 Å². The van der Waals surface area contributed by atoms with E-state index in [9.17, 15) is 0 Å². The molecule has 3 rings (SSSR count). The average molecular weight is 195 g/mol. The molecule has 0 aliphatic heterocycles. The number of hydrogen-bond donors (Lipinski definition) is 1. The van der Waals surface area contributed by atoms with E-state index < -0.39 is 0 Å². The summed E-state index contributed by atoms with van der Waals surface area (Å²) in [4.78, 5) is 2.61. The van der Waals surface area contributed by atoms with Crippen molar-refractivity contribution in [2.75, 3.05) is 0 Å². The lowest BCUT2D eigenvalue weighted by molar-refractivity contribution is 0.305. The molecule has 0 atom stereocenters. The second-order valence-electron chi connectivity index (χ2n) is 4.17. The Labute approximate surface area is 84.5 Å². The van der Waals surface area contributed by atoms with E-state index in [1.165, 1.54) is 41.2 Å². The molecular weight excluding hydrogens is 178 g/mol. The number of nitrogens with two attached hydrogens (primary N) is 1. The van der Waals surface area contributed by atoms with Gasteiger partial charge in [0.05, 0.1) is 0 Å². The second kappa shape index (κ2) is 3.41. The molecule has 0 aromatic carbocycles. The predicted molar refractivity (Wildman–Crippen MR) is 59.1 cm³/mol. The van der Waals surface area contributed by atoms with Crippen LogP contribution in [0.2, 0.25) is 0 Å². The summed E-state index contributed by atoms with van der Waals surface area (Å²) in [5.74, 6) is 1.44. The second-order valence-corrected chi connectivity index (χ2v) is 5.51. The van der Waals surface area contributed by atoms with Crippen molar-refractivity contribution in [1.82, 2.24) is 0 Å². The molecule has 72 valence electrons. The smallest absolute Gasteiger partial charge is 0.0215 e. The maximum absolute atomic E-state index is 6.13. The largest absolute Gasteiger partial charge is 0.401 e. The topological polar surface area (TPSA) is 26.0 Å². The fraction of sp³-hybridized carbons (Fsp3) is 0.636. The van der Waals surface area contributed by atoms with E-state index in [-0.39, 0.29) is 0 Å². The quantitative estimate of drug-likeness (QED) is 0.732. The van der Waals surface area contributed by atoms with Gasteiger partial charge in [-0.25, -0.2) is 0 Å². The third-order valence-corrected chi connectivity index (χ3v) is 4.24. The van der Waals surface area contributed by atoms with E-state index in [4.69, 9.17) is 5.73 Å². The monoisotopic (exact) mass is 195 g/mol. The lowest BCUT2D eigenvalue weighted by atomic mass is 9.74. The maximum Gasteiger partial charge on any atom is 0.0215 e. The van der Waals surface area contributed by atoms with Crippen LogP contribution in [0, 0.1) is 11.8 Å². The van der Waals surface area contributed by atoms with E-state index in [2.05, 4.69) is 13.5 Å². The zero-order valence-electron chi connectivity index (χ0n) is 8.18. The van der Waals surface area contributed by atoms with Gasteiger partial charge in [0.1, 0.15) is 0 Å². The van der Waals surface area contributed by atoms with Crippen molar-refractivity contribution in [3.05, 3.63) is 22.1 Å².